The van der Waals surface area contributed by atoms with Gasteiger partial charge in [-0.05, 0) is 27.2 Å². The van der Waals surface area contributed by atoms with Crippen LogP contribution in [-0.4, -0.2) is 74.8 Å². The normalized spacial score (nSPS) is 18.8. The van der Waals surface area contributed by atoms with Gasteiger partial charge in [-0.3, -0.25) is 9.29 Å². The van der Waals surface area contributed by atoms with Crippen molar-refractivity contribution in [3.63, 3.8) is 0 Å². The summed E-state index contributed by atoms with van der Waals surface area (Å²) in [4.78, 5) is 16.7. The Balaban J connectivity index is 1.78. The first-order chi connectivity index (χ1) is 17.5. The number of methoxy groups -OCH3 is 2. The molecule has 3 aromatic rings. The van der Waals surface area contributed by atoms with E-state index in [0.29, 0.717) is 29.7 Å². The van der Waals surface area contributed by atoms with Gasteiger partial charge >= 0.3 is 0 Å². The zero-order chi connectivity index (χ0) is 27.0. The molecule has 4 heterocycles. The molecule has 3 atom stereocenters. The molecule has 1 aliphatic heterocycles. The predicted molar refractivity (Wildman–Crippen MR) is 135 cm³/mol. The first kappa shape index (κ1) is 26.9. The summed E-state index contributed by atoms with van der Waals surface area (Å²) in [7, 11) is -1.13. The van der Waals surface area contributed by atoms with Crippen LogP contribution in [0.15, 0.2) is 18.7 Å². The minimum absolute atomic E-state index is 0.0674. The van der Waals surface area contributed by atoms with Crippen molar-refractivity contribution < 1.29 is 22.6 Å². The highest BCUT2D eigenvalue weighted by molar-refractivity contribution is 7.93. The van der Waals surface area contributed by atoms with Gasteiger partial charge in [0, 0.05) is 24.2 Å². The number of rotatable bonds is 9. The van der Waals surface area contributed by atoms with Crippen molar-refractivity contribution in [2.45, 2.75) is 56.8 Å². The van der Waals surface area contributed by atoms with Crippen LogP contribution in [0.4, 0.5) is 5.95 Å². The number of hydrogen-bond acceptors (Lipinski definition) is 11. The molecule has 0 radical (unpaired) electrons. The quantitative estimate of drug-likeness (QED) is 0.416. The van der Waals surface area contributed by atoms with Gasteiger partial charge in [0.2, 0.25) is 27.7 Å². The molecule has 0 amide bonds. The van der Waals surface area contributed by atoms with E-state index in [-0.39, 0.29) is 34.9 Å². The third kappa shape index (κ3) is 5.45. The lowest BCUT2D eigenvalue weighted by Gasteiger charge is -2.21. The summed E-state index contributed by atoms with van der Waals surface area (Å²) in [6, 6.07) is 0. The van der Waals surface area contributed by atoms with Crippen molar-refractivity contribution >= 4 is 27.6 Å². The lowest BCUT2D eigenvalue weighted by molar-refractivity contribution is 0.0360. The summed E-state index contributed by atoms with van der Waals surface area (Å²) >= 11 is 5.88. The SMILES string of the molecule is COc1ncnc(OC)c1-n1c(NS(=O)(=O)[C@@H](C)[C@H](C)c2ncc(Cl)cn2)nnc1C1COC(C)(C)C1. The lowest BCUT2D eigenvalue weighted by atomic mass is 9.97. The topological polar surface area (TPSA) is 156 Å². The molecular formula is C22H29ClN8O5S. The molecule has 3 aromatic heterocycles. The second-order valence-electron chi connectivity index (χ2n) is 9.33. The van der Waals surface area contributed by atoms with Crippen molar-refractivity contribution in [2.75, 3.05) is 25.5 Å². The van der Waals surface area contributed by atoms with Gasteiger partial charge in [-0.25, -0.2) is 18.4 Å². The molecule has 15 heteroatoms. The second kappa shape index (κ2) is 10.3. The Morgan fingerprint density at radius 1 is 1.11 bits per heavy atom. The second-order valence-corrected chi connectivity index (χ2v) is 11.8. The van der Waals surface area contributed by atoms with Crippen LogP contribution in [0.5, 0.6) is 11.8 Å². The maximum atomic E-state index is 13.5. The fourth-order valence-electron chi connectivity index (χ4n) is 4.14. The third-order valence-electron chi connectivity index (χ3n) is 6.31. The molecule has 1 fully saturated rings. The van der Waals surface area contributed by atoms with E-state index in [4.69, 9.17) is 25.8 Å². The minimum Gasteiger partial charge on any atom is -0.479 e. The number of ether oxygens (including phenoxy) is 3. The standard InChI is InChI=1S/C22H29ClN8O5S/c1-12(17-24-8-15(23)9-25-17)13(2)37(32,33)30-21-29-28-18(14-7-22(3,4)36-10-14)31(21)16-19(34-5)26-11-27-20(16)35-6/h8-9,11-14H,7,10H2,1-6H3,(H,29,30)/t12-,13-,14?/m0/s1. The van der Waals surface area contributed by atoms with Gasteiger partial charge in [-0.2, -0.15) is 9.97 Å². The van der Waals surface area contributed by atoms with E-state index in [1.54, 1.807) is 13.8 Å². The van der Waals surface area contributed by atoms with Crippen molar-refractivity contribution in [2.24, 2.45) is 0 Å². The van der Waals surface area contributed by atoms with E-state index in [2.05, 4.69) is 34.9 Å². The van der Waals surface area contributed by atoms with Crippen molar-refractivity contribution in [3.8, 4) is 17.4 Å². The number of nitrogens with one attached hydrogen (secondary N) is 1. The van der Waals surface area contributed by atoms with Crippen molar-refractivity contribution in [1.82, 2.24) is 34.7 Å². The molecule has 1 aliphatic rings. The fraction of sp³-hybridized carbons (Fsp3) is 0.545. The van der Waals surface area contributed by atoms with Gasteiger partial charge in [-0.1, -0.05) is 18.5 Å². The number of sulfonamides is 1. The van der Waals surface area contributed by atoms with Crippen LogP contribution in [0.2, 0.25) is 5.02 Å². The summed E-state index contributed by atoms with van der Waals surface area (Å²) in [5.41, 5.74) is -0.123. The molecule has 1 N–H and O–H groups in total. The molecule has 1 unspecified atom stereocenters. The maximum Gasteiger partial charge on any atom is 0.245 e. The minimum atomic E-state index is -4.01. The van der Waals surface area contributed by atoms with E-state index in [1.165, 1.54) is 37.5 Å². The summed E-state index contributed by atoms with van der Waals surface area (Å²) < 4.78 is 48.0. The van der Waals surface area contributed by atoms with E-state index in [0.717, 1.165) is 0 Å². The van der Waals surface area contributed by atoms with Crippen LogP contribution in [0.25, 0.3) is 5.69 Å². The van der Waals surface area contributed by atoms with Crippen LogP contribution in [-0.2, 0) is 14.8 Å². The Morgan fingerprint density at radius 3 is 2.27 bits per heavy atom. The van der Waals surface area contributed by atoms with Crippen molar-refractivity contribution in [3.05, 3.63) is 35.4 Å². The summed E-state index contributed by atoms with van der Waals surface area (Å²) in [6.45, 7) is 7.61. The number of nitrogens with zero attached hydrogens (tertiary/aromatic N) is 7. The average molecular weight is 553 g/mol. The Hall–Kier alpha value is -3.10. The molecule has 0 bridgehead atoms. The fourth-order valence-corrected chi connectivity index (χ4v) is 5.47. The van der Waals surface area contributed by atoms with Gasteiger partial charge in [0.15, 0.2) is 5.69 Å². The predicted octanol–water partition coefficient (Wildman–Crippen LogP) is 2.73. The van der Waals surface area contributed by atoms with E-state index >= 15 is 0 Å². The zero-order valence-corrected chi connectivity index (χ0v) is 22.9. The lowest BCUT2D eigenvalue weighted by Crippen LogP contribution is -2.31. The molecule has 37 heavy (non-hydrogen) atoms. The highest BCUT2D eigenvalue weighted by Gasteiger charge is 2.39. The monoisotopic (exact) mass is 552 g/mol. The zero-order valence-electron chi connectivity index (χ0n) is 21.3. The largest absolute Gasteiger partial charge is 0.479 e. The molecule has 4 rings (SSSR count). The number of hydrogen-bond donors (Lipinski definition) is 1. The highest BCUT2D eigenvalue weighted by Crippen LogP contribution is 2.40. The first-order valence-corrected chi connectivity index (χ1v) is 13.4. The first-order valence-electron chi connectivity index (χ1n) is 11.5. The van der Waals surface area contributed by atoms with Crippen LogP contribution in [0.3, 0.4) is 0 Å². The van der Waals surface area contributed by atoms with Gasteiger partial charge in [0.05, 0.1) is 36.7 Å². The summed E-state index contributed by atoms with van der Waals surface area (Å²) in [5.74, 6) is 0.297. The molecule has 0 aliphatic carbocycles. The molecular weight excluding hydrogens is 524 g/mol. The molecule has 0 spiro atoms. The van der Waals surface area contributed by atoms with Gasteiger partial charge < -0.3 is 14.2 Å². The van der Waals surface area contributed by atoms with Crippen LogP contribution in [0.1, 0.15) is 57.6 Å². The van der Waals surface area contributed by atoms with E-state index in [1.807, 2.05) is 13.8 Å². The van der Waals surface area contributed by atoms with Gasteiger partial charge in [0.25, 0.3) is 0 Å². The highest BCUT2D eigenvalue weighted by atomic mass is 35.5. The van der Waals surface area contributed by atoms with E-state index in [9.17, 15) is 8.42 Å². The summed E-state index contributed by atoms with van der Waals surface area (Å²) in [5, 5.41) is 7.97. The molecule has 200 valence electrons. The van der Waals surface area contributed by atoms with Crippen LogP contribution < -0.4 is 14.2 Å². The Bertz CT molecular complexity index is 1340. The van der Waals surface area contributed by atoms with Crippen molar-refractivity contribution in [1.29, 1.82) is 0 Å². The Morgan fingerprint density at radius 2 is 1.73 bits per heavy atom. The number of aromatic nitrogens is 7. The third-order valence-corrected chi connectivity index (χ3v) is 8.36. The van der Waals surface area contributed by atoms with E-state index < -0.39 is 21.2 Å². The maximum absolute atomic E-state index is 13.5. The summed E-state index contributed by atoms with van der Waals surface area (Å²) in [6.07, 6.45) is 4.77. The molecule has 13 nitrogen and oxygen atoms in total. The Labute approximate surface area is 220 Å². The van der Waals surface area contributed by atoms with Crippen LogP contribution >= 0.6 is 11.6 Å². The molecule has 1 saturated heterocycles. The average Bonchev–Trinajstić information content (AvgIpc) is 3.44. The van der Waals surface area contributed by atoms with Crippen LogP contribution in [0, 0.1) is 0 Å². The van der Waals surface area contributed by atoms with Gasteiger partial charge in [0.1, 0.15) is 18.0 Å². The Kier molecular flexibility index (Phi) is 7.53. The smallest absolute Gasteiger partial charge is 0.245 e. The number of halogens is 1. The van der Waals surface area contributed by atoms with Gasteiger partial charge in [-0.15, -0.1) is 10.2 Å². The number of anilines is 1. The molecule has 0 aromatic carbocycles. The molecule has 0 saturated carbocycles.